The molecule has 0 saturated heterocycles. The molecule has 1 aliphatic carbocycles. The summed E-state index contributed by atoms with van der Waals surface area (Å²) >= 11 is 0. The lowest BCUT2D eigenvalue weighted by Crippen LogP contribution is -2.57. The zero-order valence-corrected chi connectivity index (χ0v) is 42.2. The van der Waals surface area contributed by atoms with Gasteiger partial charge in [-0.2, -0.15) is 0 Å². The lowest BCUT2D eigenvalue weighted by molar-refractivity contribution is 0.195. The topological polar surface area (TPSA) is 11.4 Å². The molecule has 0 spiro atoms. The van der Waals surface area contributed by atoms with Crippen molar-refractivity contribution in [2.24, 2.45) is 0 Å². The lowest BCUT2D eigenvalue weighted by Gasteiger charge is -2.50. The van der Waals surface area contributed by atoms with Gasteiger partial charge in [-0.25, -0.2) is 0 Å². The SMILES string of the molecule is CC(C)(C)c1ccc(N2c3ccccc3B3c4c(cc(C(C)(C)C)cc42)-c2cc(C(C)(C)C)cc4c(-c5ccc6c(c5)C5(C)CCCCC5(C)N6c5ccccc5)c(-c5ccccc5)n3c24)cc1. The summed E-state index contributed by atoms with van der Waals surface area (Å²) in [6, 6.07) is 59.0. The van der Waals surface area contributed by atoms with Crippen molar-refractivity contribution >= 4 is 57.1 Å². The molecule has 0 bridgehead atoms. The molecule has 1 saturated carbocycles. The van der Waals surface area contributed by atoms with E-state index in [4.69, 9.17) is 0 Å². The Bertz CT molecular complexity index is 3320. The summed E-state index contributed by atoms with van der Waals surface area (Å²) in [4.78, 5) is 5.29. The predicted octanol–water partition coefficient (Wildman–Crippen LogP) is 16.0. The lowest BCUT2D eigenvalue weighted by atomic mass is 9.44. The van der Waals surface area contributed by atoms with Gasteiger partial charge in [-0.05, 0) is 147 Å². The van der Waals surface area contributed by atoms with E-state index < -0.39 is 0 Å². The fourth-order valence-electron chi connectivity index (χ4n) is 13.0. The van der Waals surface area contributed by atoms with Gasteiger partial charge in [0, 0.05) is 61.6 Å². The number of hydrogen-bond donors (Lipinski definition) is 0. The predicted molar refractivity (Wildman–Crippen MR) is 292 cm³/mol. The minimum Gasteiger partial charge on any atom is -0.375 e. The molecule has 3 aliphatic heterocycles. The Balaban J connectivity index is 1.21. The second kappa shape index (κ2) is 14.6. The van der Waals surface area contributed by atoms with Crippen LogP contribution in [0.25, 0.3) is 44.4 Å². The number of fused-ring (bicyclic) bond motifs is 7. The van der Waals surface area contributed by atoms with Gasteiger partial charge >= 0.3 is 6.85 Å². The molecular formula is C64H66BN3. The van der Waals surface area contributed by atoms with Crippen molar-refractivity contribution in [1.82, 2.24) is 4.48 Å². The molecule has 1 fully saturated rings. The van der Waals surface area contributed by atoms with E-state index in [9.17, 15) is 0 Å². The Hall–Kier alpha value is -6.26. The number of para-hydroxylation sites is 2. The fraction of sp³-hybridized carbons (Fsp3) is 0.312. The molecule has 8 aromatic rings. The molecule has 2 atom stereocenters. The molecule has 68 heavy (non-hydrogen) atoms. The summed E-state index contributed by atoms with van der Waals surface area (Å²) in [6.07, 6.45) is 4.85. The van der Waals surface area contributed by atoms with Gasteiger partial charge in [0.25, 0.3) is 0 Å². The van der Waals surface area contributed by atoms with E-state index in [0.717, 1.165) is 0 Å². The molecule has 0 N–H and O–H groups in total. The molecule has 4 heteroatoms. The summed E-state index contributed by atoms with van der Waals surface area (Å²) in [6.45, 7) is 26.3. The Morgan fingerprint density at radius 3 is 1.81 bits per heavy atom. The molecule has 12 rings (SSSR count). The molecular weight excluding hydrogens is 822 g/mol. The molecule has 0 amide bonds. The smallest absolute Gasteiger partial charge is 0.333 e. The average Bonchev–Trinajstić information content (AvgIpc) is 3.76. The second-order valence-electron chi connectivity index (χ2n) is 24.1. The zero-order chi connectivity index (χ0) is 47.3. The van der Waals surface area contributed by atoms with Gasteiger partial charge in [-0.15, -0.1) is 0 Å². The van der Waals surface area contributed by atoms with Crippen LogP contribution in [0.3, 0.4) is 0 Å². The quantitative estimate of drug-likeness (QED) is 0.163. The molecule has 4 aliphatic rings. The minimum absolute atomic E-state index is 0.0151. The van der Waals surface area contributed by atoms with Crippen LogP contribution in [0.5, 0.6) is 0 Å². The van der Waals surface area contributed by atoms with Gasteiger partial charge in [0.1, 0.15) is 0 Å². The maximum atomic E-state index is 2.79. The van der Waals surface area contributed by atoms with Crippen LogP contribution in [0.2, 0.25) is 0 Å². The Labute approximate surface area is 406 Å². The summed E-state index contributed by atoms with van der Waals surface area (Å²) < 4.78 is 2.79. The average molecular weight is 888 g/mol. The van der Waals surface area contributed by atoms with Crippen molar-refractivity contribution in [3.8, 4) is 33.5 Å². The third-order valence-electron chi connectivity index (χ3n) is 17.0. The molecule has 4 heterocycles. The standard InChI is InChI=1S/C64H66BN3/c1-60(2,3)43-29-31-46(32-30-43)66-54-27-19-18-26-52(54)65-57-48(37-45(40-55(57)66)62(7,8)9)49-38-44(61(4,5)6)39-50-56(58(68(65)59(49)50)41-22-14-12-15-23-41)42-28-33-53-51(36-42)63(10)34-20-21-35-64(63,11)67(53)47-24-16-13-17-25-47/h12-19,22-33,36-40H,20-21,34-35H2,1-11H3. The molecule has 1 aromatic heterocycles. The Kier molecular flexibility index (Phi) is 9.26. The van der Waals surface area contributed by atoms with E-state index in [1.165, 1.54) is 132 Å². The number of aromatic nitrogens is 1. The summed E-state index contributed by atoms with van der Waals surface area (Å²) in [5, 5.41) is 1.34. The second-order valence-corrected chi connectivity index (χ2v) is 24.1. The van der Waals surface area contributed by atoms with Crippen molar-refractivity contribution < 1.29 is 0 Å². The maximum Gasteiger partial charge on any atom is 0.333 e. The summed E-state index contributed by atoms with van der Waals surface area (Å²) in [5.74, 6) is 0. The first kappa shape index (κ1) is 43.1. The van der Waals surface area contributed by atoms with Crippen LogP contribution in [-0.4, -0.2) is 16.9 Å². The summed E-state index contributed by atoms with van der Waals surface area (Å²) in [7, 11) is 0. The molecule has 2 unspecified atom stereocenters. The largest absolute Gasteiger partial charge is 0.375 e. The highest BCUT2D eigenvalue weighted by molar-refractivity contribution is 6.89. The van der Waals surface area contributed by atoms with Crippen LogP contribution in [0.1, 0.15) is 124 Å². The molecule has 0 radical (unpaired) electrons. The van der Waals surface area contributed by atoms with Gasteiger partial charge in [-0.1, -0.05) is 173 Å². The van der Waals surface area contributed by atoms with Crippen LogP contribution in [0.15, 0.2) is 152 Å². The monoisotopic (exact) mass is 888 g/mol. The van der Waals surface area contributed by atoms with E-state index in [2.05, 4.69) is 242 Å². The van der Waals surface area contributed by atoms with Crippen LogP contribution < -0.4 is 20.7 Å². The highest BCUT2D eigenvalue weighted by atomic mass is 15.3. The van der Waals surface area contributed by atoms with Gasteiger partial charge in [0.2, 0.25) is 0 Å². The number of rotatable bonds is 4. The van der Waals surface area contributed by atoms with Crippen LogP contribution in [0.4, 0.5) is 28.4 Å². The van der Waals surface area contributed by atoms with Crippen LogP contribution >= 0.6 is 0 Å². The first-order valence-electron chi connectivity index (χ1n) is 25.3. The molecule has 3 nitrogen and oxygen atoms in total. The van der Waals surface area contributed by atoms with Crippen molar-refractivity contribution in [3.63, 3.8) is 0 Å². The highest BCUT2D eigenvalue weighted by Gasteiger charge is 2.58. The maximum absolute atomic E-state index is 2.79. The fourth-order valence-corrected chi connectivity index (χ4v) is 13.0. The first-order chi connectivity index (χ1) is 32.4. The third kappa shape index (κ3) is 6.11. The minimum atomic E-state index is -0.0888. The highest BCUT2D eigenvalue weighted by Crippen LogP contribution is 2.62. The number of benzene rings is 7. The van der Waals surface area contributed by atoms with E-state index in [0.29, 0.717) is 0 Å². The Morgan fingerprint density at radius 2 is 1.12 bits per heavy atom. The normalized spacial score (nSPS) is 19.5. The number of anilines is 5. The number of hydrogen-bond acceptors (Lipinski definition) is 2. The zero-order valence-electron chi connectivity index (χ0n) is 42.2. The molecule has 340 valence electrons. The van der Waals surface area contributed by atoms with E-state index in [-0.39, 0.29) is 34.0 Å². The van der Waals surface area contributed by atoms with Crippen molar-refractivity contribution in [2.45, 2.75) is 129 Å². The molecule has 7 aromatic carbocycles. The van der Waals surface area contributed by atoms with Crippen molar-refractivity contribution in [3.05, 3.63) is 174 Å². The van der Waals surface area contributed by atoms with Crippen molar-refractivity contribution in [1.29, 1.82) is 0 Å². The van der Waals surface area contributed by atoms with Crippen molar-refractivity contribution in [2.75, 3.05) is 9.80 Å². The first-order valence-corrected chi connectivity index (χ1v) is 25.3. The van der Waals surface area contributed by atoms with E-state index in [1.807, 2.05) is 0 Å². The Morgan fingerprint density at radius 1 is 0.500 bits per heavy atom. The van der Waals surface area contributed by atoms with E-state index >= 15 is 0 Å². The van der Waals surface area contributed by atoms with Crippen LogP contribution in [0, 0.1) is 0 Å². The van der Waals surface area contributed by atoms with Gasteiger partial charge in [0.15, 0.2) is 0 Å². The van der Waals surface area contributed by atoms with Gasteiger partial charge < -0.3 is 14.3 Å². The van der Waals surface area contributed by atoms with Gasteiger partial charge in [0.05, 0.1) is 5.54 Å². The van der Waals surface area contributed by atoms with Crippen LogP contribution in [-0.2, 0) is 21.7 Å². The third-order valence-corrected chi connectivity index (χ3v) is 17.0. The van der Waals surface area contributed by atoms with E-state index in [1.54, 1.807) is 0 Å². The number of nitrogens with zero attached hydrogens (tertiary/aromatic N) is 3. The summed E-state index contributed by atoms with van der Waals surface area (Å²) in [5.41, 5.74) is 23.7. The van der Waals surface area contributed by atoms with Gasteiger partial charge in [-0.3, -0.25) is 0 Å².